The van der Waals surface area contributed by atoms with Gasteiger partial charge < -0.3 is 11.1 Å². The molecular weight excluding hydrogens is 124 g/mol. The largest absolute Gasteiger partial charge is 0.394 e. The van der Waals surface area contributed by atoms with Gasteiger partial charge in [0, 0.05) is 7.05 Å². The highest BCUT2D eigenvalue weighted by Gasteiger charge is 1.74. The van der Waals surface area contributed by atoms with Gasteiger partial charge in [-0.3, -0.25) is 0 Å². The van der Waals surface area contributed by atoms with Gasteiger partial charge in [-0.15, -0.1) is 0 Å². The lowest BCUT2D eigenvalue weighted by Crippen LogP contribution is -1.96. The van der Waals surface area contributed by atoms with Crippen LogP contribution in [0.3, 0.4) is 0 Å². The Balaban J connectivity index is 3.11. The molecule has 0 unspecified atom stereocenters. The summed E-state index contributed by atoms with van der Waals surface area (Å²) >= 11 is 0. The summed E-state index contributed by atoms with van der Waals surface area (Å²) in [6, 6.07) is 0. The third kappa shape index (κ3) is 7.24. The average Bonchev–Trinajstić information content (AvgIpc) is 1.97. The first kappa shape index (κ1) is 9.24. The summed E-state index contributed by atoms with van der Waals surface area (Å²) in [5.41, 5.74) is 5.31. The van der Waals surface area contributed by atoms with Crippen molar-refractivity contribution in [2.45, 2.75) is 12.8 Å². The van der Waals surface area contributed by atoms with Crippen LogP contribution in [0.4, 0.5) is 0 Å². The zero-order valence-corrected chi connectivity index (χ0v) is 6.51. The van der Waals surface area contributed by atoms with Crippen LogP contribution in [0.5, 0.6) is 0 Å². The zero-order chi connectivity index (χ0) is 7.66. The number of unbranched alkanes of at least 4 members (excludes halogenated alkanes) is 1. The standard InChI is InChI=1S/C8H16N2/c1-10-8-6-4-2-3-5-7-9/h2,4,6,8,10H,3,5,7,9H2,1H3/b4-2-,8-6-. The Hall–Kier alpha value is -0.760. The van der Waals surface area contributed by atoms with E-state index in [0.29, 0.717) is 0 Å². The number of rotatable bonds is 5. The van der Waals surface area contributed by atoms with E-state index in [-0.39, 0.29) is 0 Å². The Morgan fingerprint density at radius 2 is 2.20 bits per heavy atom. The predicted octanol–water partition coefficient (Wildman–Crippen LogP) is 1.01. The number of hydrogen-bond donors (Lipinski definition) is 2. The lowest BCUT2D eigenvalue weighted by atomic mass is 10.3. The monoisotopic (exact) mass is 140 g/mol. The van der Waals surface area contributed by atoms with E-state index in [1.165, 1.54) is 0 Å². The van der Waals surface area contributed by atoms with Gasteiger partial charge in [0.15, 0.2) is 0 Å². The van der Waals surface area contributed by atoms with E-state index in [9.17, 15) is 0 Å². The van der Waals surface area contributed by atoms with Gasteiger partial charge in [-0.1, -0.05) is 12.2 Å². The first-order valence-corrected chi connectivity index (χ1v) is 3.61. The summed E-state index contributed by atoms with van der Waals surface area (Å²) in [6.45, 7) is 0.778. The molecule has 0 radical (unpaired) electrons. The highest BCUT2D eigenvalue weighted by atomic mass is 14.8. The second kappa shape index (κ2) is 8.24. The van der Waals surface area contributed by atoms with Crippen molar-refractivity contribution in [2.24, 2.45) is 5.73 Å². The zero-order valence-electron chi connectivity index (χ0n) is 6.51. The van der Waals surface area contributed by atoms with Crippen LogP contribution in [0, 0.1) is 0 Å². The summed E-state index contributed by atoms with van der Waals surface area (Å²) in [5, 5.41) is 2.90. The molecule has 0 bridgehead atoms. The van der Waals surface area contributed by atoms with Crippen molar-refractivity contribution < 1.29 is 0 Å². The highest BCUT2D eigenvalue weighted by Crippen LogP contribution is 1.87. The molecule has 0 aromatic rings. The van der Waals surface area contributed by atoms with E-state index in [4.69, 9.17) is 5.73 Å². The summed E-state index contributed by atoms with van der Waals surface area (Å²) in [5.74, 6) is 0. The third-order valence-electron chi connectivity index (χ3n) is 1.09. The molecule has 0 saturated carbocycles. The minimum atomic E-state index is 0.778. The summed E-state index contributed by atoms with van der Waals surface area (Å²) in [4.78, 5) is 0. The Bertz CT molecular complexity index is 106. The minimum Gasteiger partial charge on any atom is -0.394 e. The van der Waals surface area contributed by atoms with Crippen molar-refractivity contribution in [2.75, 3.05) is 13.6 Å². The molecule has 0 rings (SSSR count). The van der Waals surface area contributed by atoms with Crippen LogP contribution in [0.15, 0.2) is 24.4 Å². The van der Waals surface area contributed by atoms with Crippen molar-refractivity contribution >= 4 is 0 Å². The molecule has 58 valence electrons. The number of nitrogens with two attached hydrogens (primary N) is 1. The molecule has 0 fully saturated rings. The van der Waals surface area contributed by atoms with Crippen molar-refractivity contribution in [1.82, 2.24) is 5.32 Å². The van der Waals surface area contributed by atoms with Gasteiger partial charge in [0.1, 0.15) is 0 Å². The molecule has 0 spiro atoms. The highest BCUT2D eigenvalue weighted by molar-refractivity contribution is 5.00. The topological polar surface area (TPSA) is 38.0 Å². The van der Waals surface area contributed by atoms with Crippen LogP contribution >= 0.6 is 0 Å². The lowest BCUT2D eigenvalue weighted by molar-refractivity contribution is 0.855. The molecule has 0 aromatic carbocycles. The second-order valence-corrected chi connectivity index (χ2v) is 2.01. The van der Waals surface area contributed by atoms with Gasteiger partial charge in [-0.25, -0.2) is 0 Å². The van der Waals surface area contributed by atoms with Gasteiger partial charge in [-0.05, 0) is 31.7 Å². The van der Waals surface area contributed by atoms with E-state index < -0.39 is 0 Å². The Morgan fingerprint density at radius 3 is 2.80 bits per heavy atom. The lowest BCUT2D eigenvalue weighted by Gasteiger charge is -1.86. The Morgan fingerprint density at radius 1 is 1.40 bits per heavy atom. The van der Waals surface area contributed by atoms with E-state index in [2.05, 4.69) is 11.4 Å². The van der Waals surface area contributed by atoms with E-state index >= 15 is 0 Å². The maximum atomic E-state index is 5.31. The fraction of sp³-hybridized carbons (Fsp3) is 0.500. The molecule has 2 nitrogen and oxygen atoms in total. The molecule has 0 saturated heterocycles. The molecule has 0 atom stereocenters. The molecule has 3 N–H and O–H groups in total. The van der Waals surface area contributed by atoms with Gasteiger partial charge in [0.25, 0.3) is 0 Å². The average molecular weight is 140 g/mol. The summed E-state index contributed by atoms with van der Waals surface area (Å²) < 4.78 is 0. The van der Waals surface area contributed by atoms with Crippen LogP contribution < -0.4 is 11.1 Å². The SMILES string of the molecule is CN/C=C\C=C/CCCN. The molecule has 0 heterocycles. The first-order valence-electron chi connectivity index (χ1n) is 3.61. The van der Waals surface area contributed by atoms with Crippen molar-refractivity contribution in [1.29, 1.82) is 0 Å². The van der Waals surface area contributed by atoms with Crippen LogP contribution in [-0.4, -0.2) is 13.6 Å². The quantitative estimate of drug-likeness (QED) is 0.442. The van der Waals surface area contributed by atoms with Gasteiger partial charge >= 0.3 is 0 Å². The Kier molecular flexibility index (Phi) is 7.61. The fourth-order valence-corrected chi connectivity index (χ4v) is 0.562. The van der Waals surface area contributed by atoms with E-state index in [1.54, 1.807) is 0 Å². The molecule has 0 aliphatic carbocycles. The first-order chi connectivity index (χ1) is 4.91. The van der Waals surface area contributed by atoms with Crippen molar-refractivity contribution in [3.8, 4) is 0 Å². The summed E-state index contributed by atoms with van der Waals surface area (Å²) in [7, 11) is 1.88. The van der Waals surface area contributed by atoms with Crippen molar-refractivity contribution in [3.05, 3.63) is 24.4 Å². The minimum absolute atomic E-state index is 0.778. The fourth-order valence-electron chi connectivity index (χ4n) is 0.562. The van der Waals surface area contributed by atoms with Crippen LogP contribution in [0.25, 0.3) is 0 Å². The van der Waals surface area contributed by atoms with E-state index in [1.807, 2.05) is 25.4 Å². The third-order valence-corrected chi connectivity index (χ3v) is 1.09. The molecule has 2 heteroatoms. The second-order valence-electron chi connectivity index (χ2n) is 2.01. The number of allylic oxidation sites excluding steroid dienone is 3. The molecule has 0 aromatic heterocycles. The van der Waals surface area contributed by atoms with Crippen LogP contribution in [0.2, 0.25) is 0 Å². The van der Waals surface area contributed by atoms with Gasteiger partial charge in [0.2, 0.25) is 0 Å². The maximum Gasteiger partial charge on any atom is 0.00277 e. The van der Waals surface area contributed by atoms with Crippen molar-refractivity contribution in [3.63, 3.8) is 0 Å². The van der Waals surface area contributed by atoms with E-state index in [0.717, 1.165) is 19.4 Å². The van der Waals surface area contributed by atoms with Crippen LogP contribution in [-0.2, 0) is 0 Å². The molecule has 10 heavy (non-hydrogen) atoms. The molecule has 0 aliphatic heterocycles. The Labute approximate surface area is 62.8 Å². The summed E-state index contributed by atoms with van der Waals surface area (Å²) in [6.07, 6.45) is 10.1. The number of nitrogens with one attached hydrogen (secondary N) is 1. The number of hydrogen-bond acceptors (Lipinski definition) is 2. The normalized spacial score (nSPS) is 11.4. The smallest absolute Gasteiger partial charge is 0.00277 e. The molecular formula is C8H16N2. The molecule has 0 amide bonds. The van der Waals surface area contributed by atoms with Gasteiger partial charge in [-0.2, -0.15) is 0 Å². The van der Waals surface area contributed by atoms with Gasteiger partial charge in [0.05, 0.1) is 0 Å². The van der Waals surface area contributed by atoms with Crippen LogP contribution in [0.1, 0.15) is 12.8 Å². The molecule has 0 aliphatic rings. The maximum absolute atomic E-state index is 5.31. The predicted molar refractivity (Wildman–Crippen MR) is 45.6 cm³/mol.